The molecule has 1 aromatic heterocycles. The summed E-state index contributed by atoms with van der Waals surface area (Å²) in [5.41, 5.74) is 1.11. The van der Waals surface area contributed by atoms with Crippen LogP contribution in [-0.2, 0) is 4.74 Å². The van der Waals surface area contributed by atoms with Crippen molar-refractivity contribution < 1.29 is 4.74 Å². The van der Waals surface area contributed by atoms with Gasteiger partial charge in [0.15, 0.2) is 0 Å². The van der Waals surface area contributed by atoms with Gasteiger partial charge >= 0.3 is 0 Å². The van der Waals surface area contributed by atoms with E-state index < -0.39 is 0 Å². The van der Waals surface area contributed by atoms with E-state index in [2.05, 4.69) is 44.9 Å². The Bertz CT molecular complexity index is 407. The van der Waals surface area contributed by atoms with E-state index in [1.807, 2.05) is 20.4 Å². The third kappa shape index (κ3) is 2.12. The van der Waals surface area contributed by atoms with Crippen LogP contribution in [0.5, 0.6) is 0 Å². The number of hydrogen-bond acceptors (Lipinski definition) is 3. The van der Waals surface area contributed by atoms with Crippen LogP contribution in [0.15, 0.2) is 10.7 Å². The van der Waals surface area contributed by atoms with Gasteiger partial charge < -0.3 is 10.1 Å². The fraction of sp³-hybridized carbons (Fsp3) is 0.769. The lowest BCUT2D eigenvalue weighted by atomic mass is 9.73. The van der Waals surface area contributed by atoms with Gasteiger partial charge in [-0.15, -0.1) is 0 Å². The predicted molar refractivity (Wildman–Crippen MR) is 75.7 cm³/mol. The van der Waals surface area contributed by atoms with Gasteiger partial charge in [0.05, 0.1) is 28.0 Å². The first-order valence-corrected chi connectivity index (χ1v) is 7.30. The van der Waals surface area contributed by atoms with E-state index in [0.29, 0.717) is 6.04 Å². The average Bonchev–Trinajstić information content (AvgIpc) is 2.65. The number of nitrogens with one attached hydrogen (secondary N) is 1. The summed E-state index contributed by atoms with van der Waals surface area (Å²) in [6.07, 6.45) is 5.32. The molecule has 2 rings (SSSR count). The van der Waals surface area contributed by atoms with Crippen LogP contribution in [0, 0.1) is 0 Å². The van der Waals surface area contributed by atoms with Crippen LogP contribution in [0.2, 0.25) is 0 Å². The maximum Gasteiger partial charge on any atom is 0.0888 e. The highest BCUT2D eigenvalue weighted by atomic mass is 79.9. The molecule has 1 atom stereocenters. The van der Waals surface area contributed by atoms with Crippen molar-refractivity contribution in [1.29, 1.82) is 0 Å². The number of halogens is 1. The van der Waals surface area contributed by atoms with Crippen molar-refractivity contribution >= 4 is 15.9 Å². The Hall–Kier alpha value is -0.390. The van der Waals surface area contributed by atoms with Crippen molar-refractivity contribution in [2.45, 2.75) is 50.8 Å². The zero-order chi connectivity index (χ0) is 13.3. The summed E-state index contributed by atoms with van der Waals surface area (Å²) >= 11 is 3.62. The molecular formula is C13H22BrN3O. The molecule has 1 aliphatic rings. The molecular weight excluding hydrogens is 294 g/mol. The molecule has 1 aliphatic carbocycles. The first kappa shape index (κ1) is 14.0. The van der Waals surface area contributed by atoms with E-state index >= 15 is 0 Å². The fourth-order valence-electron chi connectivity index (χ4n) is 2.82. The summed E-state index contributed by atoms with van der Waals surface area (Å²) in [5, 5.41) is 7.88. The third-order valence-corrected chi connectivity index (χ3v) is 4.58. The lowest BCUT2D eigenvalue weighted by Gasteiger charge is -2.46. The number of methoxy groups -OCH3 is 1. The van der Waals surface area contributed by atoms with E-state index in [4.69, 9.17) is 4.74 Å². The van der Waals surface area contributed by atoms with Crippen molar-refractivity contribution in [1.82, 2.24) is 15.1 Å². The predicted octanol–water partition coefficient (Wildman–Crippen LogP) is 3.06. The highest BCUT2D eigenvalue weighted by molar-refractivity contribution is 9.10. The summed E-state index contributed by atoms with van der Waals surface area (Å²) in [5.74, 6) is 0. The topological polar surface area (TPSA) is 39.1 Å². The van der Waals surface area contributed by atoms with Crippen molar-refractivity contribution in [3.05, 3.63) is 16.4 Å². The van der Waals surface area contributed by atoms with Crippen LogP contribution < -0.4 is 5.32 Å². The van der Waals surface area contributed by atoms with Crippen LogP contribution in [0.3, 0.4) is 0 Å². The lowest BCUT2D eigenvalue weighted by molar-refractivity contribution is -0.100. The van der Waals surface area contributed by atoms with Crippen LogP contribution in [-0.4, -0.2) is 29.5 Å². The van der Waals surface area contributed by atoms with Crippen LogP contribution in [0.25, 0.3) is 0 Å². The highest BCUT2D eigenvalue weighted by Gasteiger charge is 2.46. The normalized spacial score (nSPS) is 19.9. The Balaban J connectivity index is 2.41. The van der Waals surface area contributed by atoms with Gasteiger partial charge in [0.25, 0.3) is 0 Å². The highest BCUT2D eigenvalue weighted by Crippen LogP contribution is 2.46. The van der Waals surface area contributed by atoms with E-state index in [1.54, 1.807) is 0 Å². The number of ether oxygens (including phenoxy) is 1. The third-order valence-electron chi connectivity index (χ3n) is 3.97. The molecule has 4 nitrogen and oxygen atoms in total. The Kier molecular flexibility index (Phi) is 4.14. The minimum Gasteiger partial charge on any atom is -0.376 e. The largest absolute Gasteiger partial charge is 0.376 e. The second-order valence-corrected chi connectivity index (χ2v) is 6.11. The molecule has 0 radical (unpaired) electrons. The Labute approximate surface area is 117 Å². The van der Waals surface area contributed by atoms with Crippen LogP contribution in [0.4, 0.5) is 0 Å². The number of likely N-dealkylation sites (N-methyl/N-ethyl adjacent to an activating group) is 1. The van der Waals surface area contributed by atoms with Gasteiger partial charge in [-0.05, 0) is 56.1 Å². The number of rotatable bonds is 5. The maximum atomic E-state index is 5.82. The molecule has 0 aliphatic heterocycles. The monoisotopic (exact) mass is 315 g/mol. The van der Waals surface area contributed by atoms with Gasteiger partial charge in [-0.3, -0.25) is 4.68 Å². The second-order valence-electron chi connectivity index (χ2n) is 5.26. The minimum absolute atomic E-state index is 0.0794. The van der Waals surface area contributed by atoms with Gasteiger partial charge in [-0.2, -0.15) is 5.10 Å². The van der Waals surface area contributed by atoms with Crippen molar-refractivity contribution in [3.8, 4) is 0 Å². The molecule has 1 aromatic rings. The number of hydrogen-bond donors (Lipinski definition) is 1. The molecule has 0 spiro atoms. The summed E-state index contributed by atoms with van der Waals surface area (Å²) in [6, 6.07) is 0.520. The molecule has 0 saturated heterocycles. The van der Waals surface area contributed by atoms with Crippen molar-refractivity contribution in [2.24, 2.45) is 0 Å². The quantitative estimate of drug-likeness (QED) is 0.907. The fourth-order valence-corrected chi connectivity index (χ4v) is 3.32. The summed E-state index contributed by atoms with van der Waals surface area (Å²) in [6.45, 7) is 4.30. The SMILES string of the molecule is CNC(c1c(Br)cnn1C(C)C)C1(OC)CCC1. The average molecular weight is 316 g/mol. The summed E-state index contributed by atoms with van der Waals surface area (Å²) < 4.78 is 8.94. The zero-order valence-electron chi connectivity index (χ0n) is 11.5. The van der Waals surface area contributed by atoms with E-state index in [9.17, 15) is 0 Å². The van der Waals surface area contributed by atoms with Gasteiger partial charge in [0, 0.05) is 13.2 Å². The minimum atomic E-state index is -0.0794. The molecule has 5 heteroatoms. The molecule has 0 bridgehead atoms. The van der Waals surface area contributed by atoms with Gasteiger partial charge in [0.1, 0.15) is 0 Å². The van der Waals surface area contributed by atoms with Crippen LogP contribution >= 0.6 is 15.9 Å². The molecule has 1 unspecified atom stereocenters. The molecule has 102 valence electrons. The molecule has 18 heavy (non-hydrogen) atoms. The number of aromatic nitrogens is 2. The van der Waals surface area contributed by atoms with Crippen molar-refractivity contribution in [2.75, 3.05) is 14.2 Å². The Morgan fingerprint density at radius 1 is 1.50 bits per heavy atom. The second kappa shape index (κ2) is 5.31. The molecule has 1 saturated carbocycles. The smallest absolute Gasteiger partial charge is 0.0888 e. The standard InChI is InChI=1S/C13H22BrN3O/c1-9(2)17-11(10(14)8-16-17)12(15-3)13(18-4)6-5-7-13/h8-9,12,15H,5-7H2,1-4H3. The lowest BCUT2D eigenvalue weighted by Crippen LogP contribution is -2.50. The van der Waals surface area contributed by atoms with E-state index in [1.165, 1.54) is 12.1 Å². The molecule has 1 heterocycles. The maximum absolute atomic E-state index is 5.82. The number of nitrogens with zero attached hydrogens (tertiary/aromatic N) is 2. The molecule has 0 aromatic carbocycles. The van der Waals surface area contributed by atoms with Gasteiger partial charge in [-0.25, -0.2) is 0 Å². The molecule has 0 amide bonds. The molecule has 1 fully saturated rings. The first-order chi connectivity index (χ1) is 8.55. The summed E-state index contributed by atoms with van der Waals surface area (Å²) in [7, 11) is 3.81. The van der Waals surface area contributed by atoms with Crippen LogP contribution in [0.1, 0.15) is 50.9 Å². The summed E-state index contributed by atoms with van der Waals surface area (Å²) in [4.78, 5) is 0. The Morgan fingerprint density at radius 3 is 2.56 bits per heavy atom. The van der Waals surface area contributed by atoms with E-state index in [-0.39, 0.29) is 11.6 Å². The van der Waals surface area contributed by atoms with E-state index in [0.717, 1.165) is 17.3 Å². The molecule has 1 N–H and O–H groups in total. The van der Waals surface area contributed by atoms with Gasteiger partial charge in [-0.1, -0.05) is 0 Å². The Morgan fingerprint density at radius 2 is 2.17 bits per heavy atom. The van der Waals surface area contributed by atoms with Crippen molar-refractivity contribution in [3.63, 3.8) is 0 Å². The zero-order valence-corrected chi connectivity index (χ0v) is 13.1. The van der Waals surface area contributed by atoms with Gasteiger partial charge in [0.2, 0.25) is 0 Å². The first-order valence-electron chi connectivity index (χ1n) is 6.51.